The maximum atomic E-state index is 5.96. The molecule has 3 heteroatoms. The molecule has 0 fully saturated rings. The third-order valence-electron chi connectivity index (χ3n) is 3.11. The Balaban J connectivity index is 2.37. The lowest BCUT2D eigenvalue weighted by Gasteiger charge is -2.10. The van der Waals surface area contributed by atoms with Crippen LogP contribution in [-0.4, -0.2) is 7.05 Å². The lowest BCUT2D eigenvalue weighted by molar-refractivity contribution is 0.431. The first-order chi connectivity index (χ1) is 8.65. The van der Waals surface area contributed by atoms with Gasteiger partial charge in [0.05, 0.1) is 6.04 Å². The van der Waals surface area contributed by atoms with E-state index in [1.807, 2.05) is 13.1 Å². The zero-order chi connectivity index (χ0) is 13.1. The summed E-state index contributed by atoms with van der Waals surface area (Å²) in [6.45, 7) is 4.23. The highest BCUT2D eigenvalue weighted by molar-refractivity contribution is 9.10. The predicted molar refractivity (Wildman–Crippen MR) is 78.7 cm³/mol. The first-order valence-electron chi connectivity index (χ1n) is 6.19. The number of benzene rings is 1. The van der Waals surface area contributed by atoms with Crippen LogP contribution < -0.4 is 5.32 Å². The number of hydrogen-bond acceptors (Lipinski definition) is 2. The van der Waals surface area contributed by atoms with Crippen LogP contribution in [0.2, 0.25) is 0 Å². The van der Waals surface area contributed by atoms with Gasteiger partial charge in [-0.3, -0.25) is 0 Å². The predicted octanol–water partition coefficient (Wildman–Crippen LogP) is 4.69. The normalized spacial score (nSPS) is 12.7. The van der Waals surface area contributed by atoms with E-state index in [1.54, 1.807) is 0 Å². The van der Waals surface area contributed by atoms with Crippen LogP contribution in [0, 0.1) is 6.92 Å². The van der Waals surface area contributed by atoms with Gasteiger partial charge in [0.15, 0.2) is 0 Å². The highest BCUT2D eigenvalue weighted by atomic mass is 79.9. The van der Waals surface area contributed by atoms with Crippen molar-refractivity contribution >= 4 is 15.9 Å². The van der Waals surface area contributed by atoms with Gasteiger partial charge in [0, 0.05) is 10.0 Å². The van der Waals surface area contributed by atoms with Crippen LogP contribution in [0.25, 0.3) is 11.3 Å². The Morgan fingerprint density at radius 2 is 2.06 bits per heavy atom. The van der Waals surface area contributed by atoms with E-state index in [9.17, 15) is 0 Å². The van der Waals surface area contributed by atoms with Crippen molar-refractivity contribution in [2.75, 3.05) is 7.05 Å². The molecule has 1 aromatic heterocycles. The maximum absolute atomic E-state index is 5.96. The lowest BCUT2D eigenvalue weighted by Crippen LogP contribution is -2.14. The fraction of sp³-hybridized carbons (Fsp3) is 0.333. The molecular weight excluding hydrogens is 290 g/mol. The van der Waals surface area contributed by atoms with E-state index in [-0.39, 0.29) is 6.04 Å². The molecule has 18 heavy (non-hydrogen) atoms. The van der Waals surface area contributed by atoms with Gasteiger partial charge in [0.25, 0.3) is 0 Å². The summed E-state index contributed by atoms with van der Waals surface area (Å²) in [5.74, 6) is 1.90. The van der Waals surface area contributed by atoms with E-state index in [0.717, 1.165) is 28.0 Å². The molecule has 0 aliphatic heterocycles. The minimum Gasteiger partial charge on any atom is -0.459 e. The zero-order valence-corrected chi connectivity index (χ0v) is 12.5. The van der Waals surface area contributed by atoms with Gasteiger partial charge >= 0.3 is 0 Å². The largest absolute Gasteiger partial charge is 0.459 e. The average molecular weight is 308 g/mol. The summed E-state index contributed by atoms with van der Waals surface area (Å²) in [5, 5.41) is 3.25. The van der Waals surface area contributed by atoms with Gasteiger partial charge in [-0.25, -0.2) is 0 Å². The molecule has 0 spiro atoms. The van der Waals surface area contributed by atoms with E-state index in [4.69, 9.17) is 4.42 Å². The molecule has 0 radical (unpaired) electrons. The van der Waals surface area contributed by atoms with E-state index >= 15 is 0 Å². The molecule has 0 aliphatic carbocycles. The minimum absolute atomic E-state index is 0.280. The average Bonchev–Trinajstić information content (AvgIpc) is 2.83. The van der Waals surface area contributed by atoms with Crippen molar-refractivity contribution in [3.8, 4) is 11.3 Å². The second kappa shape index (κ2) is 5.72. The van der Waals surface area contributed by atoms with Gasteiger partial charge in [-0.1, -0.05) is 34.5 Å². The van der Waals surface area contributed by atoms with Crippen LogP contribution >= 0.6 is 15.9 Å². The van der Waals surface area contributed by atoms with Gasteiger partial charge in [-0.15, -0.1) is 0 Å². The zero-order valence-electron chi connectivity index (χ0n) is 11.0. The second-order valence-electron chi connectivity index (χ2n) is 4.43. The topological polar surface area (TPSA) is 25.2 Å². The highest BCUT2D eigenvalue weighted by Crippen LogP contribution is 2.32. The molecule has 2 nitrogen and oxygen atoms in total. The Labute approximate surface area is 117 Å². The first kappa shape index (κ1) is 13.4. The molecule has 1 atom stereocenters. The number of rotatable bonds is 4. The fourth-order valence-electron chi connectivity index (χ4n) is 2.06. The van der Waals surface area contributed by atoms with E-state index in [1.165, 1.54) is 5.56 Å². The fourth-order valence-corrected chi connectivity index (χ4v) is 2.50. The number of furan rings is 1. The Hall–Kier alpha value is -1.06. The molecule has 2 rings (SSSR count). The quantitative estimate of drug-likeness (QED) is 0.886. The molecular formula is C15H18BrNO. The summed E-state index contributed by atoms with van der Waals surface area (Å²) < 4.78 is 7.02. The maximum Gasteiger partial charge on any atom is 0.135 e. The highest BCUT2D eigenvalue weighted by Gasteiger charge is 2.13. The monoisotopic (exact) mass is 307 g/mol. The molecule has 0 saturated heterocycles. The van der Waals surface area contributed by atoms with Crippen LogP contribution in [0.4, 0.5) is 0 Å². The Morgan fingerprint density at radius 3 is 2.72 bits per heavy atom. The molecule has 0 bridgehead atoms. The van der Waals surface area contributed by atoms with Crippen molar-refractivity contribution in [2.45, 2.75) is 26.3 Å². The summed E-state index contributed by atoms with van der Waals surface area (Å²) in [5.41, 5.74) is 2.33. The van der Waals surface area contributed by atoms with Crippen molar-refractivity contribution in [2.24, 2.45) is 0 Å². The SMILES string of the molecule is CCC(NC)c1ccc(-c2cc(C)ccc2Br)o1. The Kier molecular flexibility index (Phi) is 4.25. The van der Waals surface area contributed by atoms with E-state index in [2.05, 4.69) is 59.4 Å². The standard InChI is InChI=1S/C15H18BrNO/c1-4-13(17-3)15-8-7-14(18-15)11-9-10(2)5-6-12(11)16/h5-9,13,17H,4H2,1-3H3. The number of aryl methyl sites for hydroxylation is 1. The van der Waals surface area contributed by atoms with Gasteiger partial charge < -0.3 is 9.73 Å². The van der Waals surface area contributed by atoms with Gasteiger partial charge in [-0.2, -0.15) is 0 Å². The van der Waals surface area contributed by atoms with Crippen LogP contribution in [-0.2, 0) is 0 Å². The molecule has 0 aliphatic rings. The molecule has 2 aromatic rings. The van der Waals surface area contributed by atoms with E-state index < -0.39 is 0 Å². The van der Waals surface area contributed by atoms with Crippen molar-refractivity contribution in [1.29, 1.82) is 0 Å². The molecule has 1 unspecified atom stereocenters. The third-order valence-corrected chi connectivity index (χ3v) is 3.81. The second-order valence-corrected chi connectivity index (χ2v) is 5.29. The first-order valence-corrected chi connectivity index (χ1v) is 6.98. The Bertz CT molecular complexity index is 529. The summed E-state index contributed by atoms with van der Waals surface area (Å²) in [6.07, 6.45) is 1.01. The Morgan fingerprint density at radius 1 is 1.28 bits per heavy atom. The number of hydrogen-bond donors (Lipinski definition) is 1. The summed E-state index contributed by atoms with van der Waals surface area (Å²) >= 11 is 3.57. The summed E-state index contributed by atoms with van der Waals surface area (Å²) in [6, 6.07) is 10.6. The van der Waals surface area contributed by atoms with Gasteiger partial charge in [0.2, 0.25) is 0 Å². The van der Waals surface area contributed by atoms with Crippen LogP contribution in [0.5, 0.6) is 0 Å². The minimum atomic E-state index is 0.280. The molecule has 1 aromatic carbocycles. The molecule has 1 heterocycles. The lowest BCUT2D eigenvalue weighted by atomic mass is 10.1. The summed E-state index contributed by atoms with van der Waals surface area (Å²) in [7, 11) is 1.96. The molecule has 1 N–H and O–H groups in total. The summed E-state index contributed by atoms with van der Waals surface area (Å²) in [4.78, 5) is 0. The van der Waals surface area contributed by atoms with Crippen LogP contribution in [0.15, 0.2) is 39.2 Å². The van der Waals surface area contributed by atoms with E-state index in [0.29, 0.717) is 0 Å². The molecule has 0 amide bonds. The van der Waals surface area contributed by atoms with Crippen LogP contribution in [0.3, 0.4) is 0 Å². The van der Waals surface area contributed by atoms with Crippen LogP contribution in [0.1, 0.15) is 30.7 Å². The van der Waals surface area contributed by atoms with Crippen molar-refractivity contribution in [1.82, 2.24) is 5.32 Å². The molecule has 0 saturated carbocycles. The van der Waals surface area contributed by atoms with Crippen molar-refractivity contribution in [3.05, 3.63) is 46.1 Å². The third kappa shape index (κ3) is 2.68. The van der Waals surface area contributed by atoms with Gasteiger partial charge in [0.1, 0.15) is 11.5 Å². The van der Waals surface area contributed by atoms with Gasteiger partial charge in [-0.05, 0) is 44.7 Å². The van der Waals surface area contributed by atoms with Crippen molar-refractivity contribution in [3.63, 3.8) is 0 Å². The number of nitrogens with one attached hydrogen (secondary N) is 1. The number of halogens is 1. The van der Waals surface area contributed by atoms with Crippen molar-refractivity contribution < 1.29 is 4.42 Å². The molecule has 96 valence electrons. The smallest absolute Gasteiger partial charge is 0.135 e.